The van der Waals surface area contributed by atoms with Crippen LogP contribution in [-0.4, -0.2) is 5.11 Å². The van der Waals surface area contributed by atoms with Crippen LogP contribution in [0.3, 0.4) is 0 Å². The Bertz CT molecular complexity index is 341. The molecule has 13 heavy (non-hydrogen) atoms. The summed E-state index contributed by atoms with van der Waals surface area (Å²) in [7, 11) is 0. The second-order valence-electron chi connectivity index (χ2n) is 2.71. The molecule has 2 nitrogen and oxygen atoms in total. The second kappa shape index (κ2) is 3.47. The van der Waals surface area contributed by atoms with Gasteiger partial charge in [-0.25, -0.2) is 8.78 Å². The quantitative estimate of drug-likeness (QED) is 0.695. The fraction of sp³-hybridized carbons (Fsp3) is 0.250. The van der Waals surface area contributed by atoms with Gasteiger partial charge in [-0.1, -0.05) is 11.6 Å². The van der Waals surface area contributed by atoms with Crippen molar-refractivity contribution in [2.45, 2.75) is 13.0 Å². The molecule has 0 saturated carbocycles. The molecule has 0 bridgehead atoms. The highest BCUT2D eigenvalue weighted by Crippen LogP contribution is 2.34. The number of rotatable bonds is 1. The molecule has 0 spiro atoms. The monoisotopic (exact) mass is 207 g/mol. The van der Waals surface area contributed by atoms with Crippen LogP contribution >= 0.6 is 11.6 Å². The molecule has 0 saturated heterocycles. The van der Waals surface area contributed by atoms with Gasteiger partial charge in [0.1, 0.15) is 10.8 Å². The maximum absolute atomic E-state index is 12.8. The van der Waals surface area contributed by atoms with Crippen molar-refractivity contribution in [1.82, 2.24) is 0 Å². The van der Waals surface area contributed by atoms with Crippen molar-refractivity contribution in [2.75, 3.05) is 0 Å². The Balaban J connectivity index is 3.41. The zero-order valence-corrected chi connectivity index (χ0v) is 7.57. The van der Waals surface area contributed by atoms with E-state index < -0.39 is 28.4 Å². The molecule has 0 heterocycles. The first-order valence-corrected chi connectivity index (χ1v) is 3.95. The SMILES string of the molecule is CC(N)c1cc(F)c(F)c(Cl)c1O. The molecule has 1 rings (SSSR count). The van der Waals surface area contributed by atoms with Gasteiger partial charge in [0.15, 0.2) is 11.6 Å². The molecule has 5 heteroatoms. The lowest BCUT2D eigenvalue weighted by atomic mass is 10.1. The van der Waals surface area contributed by atoms with E-state index in [-0.39, 0.29) is 5.56 Å². The van der Waals surface area contributed by atoms with Crippen molar-refractivity contribution >= 4 is 11.6 Å². The van der Waals surface area contributed by atoms with Gasteiger partial charge in [0.2, 0.25) is 0 Å². The molecule has 0 aliphatic heterocycles. The molecule has 0 fully saturated rings. The van der Waals surface area contributed by atoms with E-state index in [2.05, 4.69) is 0 Å². The van der Waals surface area contributed by atoms with Gasteiger partial charge in [-0.15, -0.1) is 0 Å². The van der Waals surface area contributed by atoms with Crippen molar-refractivity contribution in [3.8, 4) is 5.75 Å². The standard InChI is InChI=1S/C8H8ClF2NO/c1-3(12)4-2-5(10)7(11)6(9)8(4)13/h2-3,13H,12H2,1H3. The van der Waals surface area contributed by atoms with Crippen LogP contribution < -0.4 is 5.73 Å². The maximum atomic E-state index is 12.8. The number of hydrogen-bond acceptors (Lipinski definition) is 2. The number of nitrogens with two attached hydrogens (primary N) is 1. The number of halogens is 3. The molecule has 1 aromatic rings. The third-order valence-corrected chi connectivity index (χ3v) is 2.00. The molecular formula is C8H8ClF2NO. The van der Waals surface area contributed by atoms with E-state index in [1.807, 2.05) is 0 Å². The van der Waals surface area contributed by atoms with Gasteiger partial charge in [-0.3, -0.25) is 0 Å². The van der Waals surface area contributed by atoms with Crippen LogP contribution in [0.25, 0.3) is 0 Å². The average Bonchev–Trinajstić information content (AvgIpc) is 2.07. The van der Waals surface area contributed by atoms with Crippen LogP contribution in [0.15, 0.2) is 6.07 Å². The largest absolute Gasteiger partial charge is 0.506 e. The highest BCUT2D eigenvalue weighted by Gasteiger charge is 2.17. The number of phenols is 1. The van der Waals surface area contributed by atoms with Crippen LogP contribution in [0.5, 0.6) is 5.75 Å². The predicted molar refractivity (Wildman–Crippen MR) is 45.6 cm³/mol. The molecule has 0 aromatic heterocycles. The van der Waals surface area contributed by atoms with Crippen molar-refractivity contribution in [1.29, 1.82) is 0 Å². The Hall–Kier alpha value is -0.870. The highest BCUT2D eigenvalue weighted by molar-refractivity contribution is 6.32. The van der Waals surface area contributed by atoms with E-state index in [1.165, 1.54) is 6.92 Å². The fourth-order valence-electron chi connectivity index (χ4n) is 0.951. The molecule has 0 aliphatic rings. The zero-order valence-electron chi connectivity index (χ0n) is 6.81. The summed E-state index contributed by atoms with van der Waals surface area (Å²) in [6.07, 6.45) is 0. The normalized spacial score (nSPS) is 13.0. The number of phenolic OH excluding ortho intramolecular Hbond substituents is 1. The van der Waals surface area contributed by atoms with Crippen LogP contribution in [0.2, 0.25) is 5.02 Å². The molecule has 1 atom stereocenters. The molecule has 72 valence electrons. The molecular weight excluding hydrogens is 200 g/mol. The minimum atomic E-state index is -1.26. The van der Waals surface area contributed by atoms with Gasteiger partial charge in [-0.2, -0.15) is 0 Å². The lowest BCUT2D eigenvalue weighted by Gasteiger charge is -2.10. The summed E-state index contributed by atoms with van der Waals surface area (Å²) in [6.45, 7) is 1.53. The summed E-state index contributed by atoms with van der Waals surface area (Å²) >= 11 is 5.31. The molecule has 0 amide bonds. The van der Waals surface area contributed by atoms with E-state index >= 15 is 0 Å². The summed E-state index contributed by atoms with van der Waals surface area (Å²) in [6, 6.07) is 0.230. The van der Waals surface area contributed by atoms with Crippen molar-refractivity contribution < 1.29 is 13.9 Å². The first-order valence-electron chi connectivity index (χ1n) is 3.57. The lowest BCUT2D eigenvalue weighted by Crippen LogP contribution is -2.06. The molecule has 1 unspecified atom stereocenters. The number of hydrogen-bond donors (Lipinski definition) is 2. The minimum Gasteiger partial charge on any atom is -0.506 e. The van der Waals surface area contributed by atoms with E-state index in [4.69, 9.17) is 17.3 Å². The average molecular weight is 208 g/mol. The van der Waals surface area contributed by atoms with Gasteiger partial charge in [0, 0.05) is 11.6 Å². The minimum absolute atomic E-state index is 0.0869. The maximum Gasteiger partial charge on any atom is 0.181 e. The predicted octanol–water partition coefficient (Wildman–Crippen LogP) is 2.34. The van der Waals surface area contributed by atoms with Gasteiger partial charge in [0.05, 0.1) is 0 Å². The van der Waals surface area contributed by atoms with Crippen molar-refractivity contribution in [3.63, 3.8) is 0 Å². The Morgan fingerprint density at radius 2 is 2.08 bits per heavy atom. The van der Waals surface area contributed by atoms with E-state index in [9.17, 15) is 13.9 Å². The van der Waals surface area contributed by atoms with Gasteiger partial charge >= 0.3 is 0 Å². The van der Waals surface area contributed by atoms with Crippen molar-refractivity contribution in [3.05, 3.63) is 28.3 Å². The summed E-state index contributed by atoms with van der Waals surface area (Å²) in [4.78, 5) is 0. The van der Waals surface area contributed by atoms with E-state index in [0.29, 0.717) is 0 Å². The van der Waals surface area contributed by atoms with Crippen LogP contribution in [0, 0.1) is 11.6 Å². The highest BCUT2D eigenvalue weighted by atomic mass is 35.5. The van der Waals surface area contributed by atoms with E-state index in [1.54, 1.807) is 0 Å². The molecule has 3 N–H and O–H groups in total. The van der Waals surface area contributed by atoms with Crippen LogP contribution in [-0.2, 0) is 0 Å². The van der Waals surface area contributed by atoms with Crippen LogP contribution in [0.1, 0.15) is 18.5 Å². The Labute approximate surface area is 78.9 Å². The van der Waals surface area contributed by atoms with Crippen LogP contribution in [0.4, 0.5) is 8.78 Å². The topological polar surface area (TPSA) is 46.2 Å². The Morgan fingerprint density at radius 1 is 1.54 bits per heavy atom. The first kappa shape index (κ1) is 10.2. The fourth-order valence-corrected chi connectivity index (χ4v) is 1.15. The molecule has 1 aromatic carbocycles. The Kier molecular flexibility index (Phi) is 2.73. The van der Waals surface area contributed by atoms with Gasteiger partial charge in [0.25, 0.3) is 0 Å². The third kappa shape index (κ3) is 1.73. The molecule has 0 radical (unpaired) electrons. The van der Waals surface area contributed by atoms with Gasteiger partial charge in [-0.05, 0) is 13.0 Å². The summed E-state index contributed by atoms with van der Waals surface area (Å²) in [5.74, 6) is -2.88. The van der Waals surface area contributed by atoms with E-state index in [0.717, 1.165) is 6.07 Å². The second-order valence-corrected chi connectivity index (χ2v) is 3.09. The first-order chi connectivity index (χ1) is 5.95. The summed E-state index contributed by atoms with van der Waals surface area (Å²) < 4.78 is 25.5. The molecule has 0 aliphatic carbocycles. The smallest absolute Gasteiger partial charge is 0.181 e. The number of benzene rings is 1. The Morgan fingerprint density at radius 3 is 2.54 bits per heavy atom. The lowest BCUT2D eigenvalue weighted by molar-refractivity contribution is 0.444. The summed E-state index contributed by atoms with van der Waals surface area (Å²) in [5.41, 5.74) is 5.48. The summed E-state index contributed by atoms with van der Waals surface area (Å²) in [5, 5.41) is 8.62. The third-order valence-electron chi connectivity index (χ3n) is 1.66. The zero-order chi connectivity index (χ0) is 10.2. The number of aromatic hydroxyl groups is 1. The van der Waals surface area contributed by atoms with Crippen molar-refractivity contribution in [2.24, 2.45) is 5.73 Å². The van der Waals surface area contributed by atoms with Gasteiger partial charge < -0.3 is 10.8 Å².